The average molecular weight is 298 g/mol. The number of fused-ring (bicyclic) bond motifs is 1. The number of benzene rings is 2. The minimum atomic E-state index is -0.286. The molecule has 0 saturated carbocycles. The maximum atomic E-state index is 11.5. The number of hydrogen-bond acceptors (Lipinski definition) is 4. The van der Waals surface area contributed by atoms with Crippen LogP contribution in [-0.2, 0) is 5.75 Å². The van der Waals surface area contributed by atoms with E-state index in [0.717, 1.165) is 27.5 Å². The zero-order chi connectivity index (χ0) is 14.7. The monoisotopic (exact) mass is 298 g/mol. The Kier molecular flexibility index (Phi) is 3.89. The van der Waals surface area contributed by atoms with Crippen LogP contribution in [0.25, 0.3) is 11.0 Å². The molecule has 0 aliphatic rings. The first-order valence-corrected chi connectivity index (χ1v) is 7.42. The average Bonchev–Trinajstić information content (AvgIpc) is 2.95. The number of aromatic nitrogens is 2. The van der Waals surface area contributed by atoms with Crippen LogP contribution < -0.4 is 11.3 Å². The second-order valence-corrected chi connectivity index (χ2v) is 5.49. The molecule has 0 radical (unpaired) electrons. The normalized spacial score (nSPS) is 10.7. The highest BCUT2D eigenvalue weighted by atomic mass is 32.2. The molecule has 1 amide bonds. The van der Waals surface area contributed by atoms with E-state index in [9.17, 15) is 4.79 Å². The molecule has 0 atom stereocenters. The summed E-state index contributed by atoms with van der Waals surface area (Å²) in [6.45, 7) is 0. The summed E-state index contributed by atoms with van der Waals surface area (Å²) in [5, 5.41) is 0.866. The molecule has 0 saturated heterocycles. The predicted octanol–water partition coefficient (Wildman–Crippen LogP) is 2.46. The third-order valence-corrected chi connectivity index (χ3v) is 4.01. The van der Waals surface area contributed by atoms with Gasteiger partial charge in [0.15, 0.2) is 5.16 Å². The topological polar surface area (TPSA) is 83.8 Å². The molecule has 5 nitrogen and oxygen atoms in total. The molecule has 0 aliphatic heterocycles. The molecule has 4 N–H and O–H groups in total. The van der Waals surface area contributed by atoms with Gasteiger partial charge in [-0.25, -0.2) is 10.8 Å². The number of rotatable bonds is 4. The third-order valence-electron chi connectivity index (χ3n) is 3.06. The van der Waals surface area contributed by atoms with Crippen molar-refractivity contribution in [1.82, 2.24) is 15.4 Å². The number of amides is 1. The van der Waals surface area contributed by atoms with E-state index in [4.69, 9.17) is 5.84 Å². The molecule has 0 aliphatic carbocycles. The summed E-state index contributed by atoms with van der Waals surface area (Å²) in [7, 11) is 0. The van der Waals surface area contributed by atoms with Crippen LogP contribution in [0.15, 0.2) is 53.7 Å². The van der Waals surface area contributed by atoms with E-state index in [0.29, 0.717) is 5.56 Å². The molecule has 0 fully saturated rings. The molecule has 3 aromatic rings. The summed E-state index contributed by atoms with van der Waals surface area (Å²) in [4.78, 5) is 19.3. The number of thioether (sulfide) groups is 1. The highest BCUT2D eigenvalue weighted by molar-refractivity contribution is 7.98. The summed E-state index contributed by atoms with van der Waals surface area (Å²) < 4.78 is 0. The molecule has 0 spiro atoms. The van der Waals surface area contributed by atoms with Crippen molar-refractivity contribution in [2.24, 2.45) is 5.84 Å². The Balaban J connectivity index is 1.73. The lowest BCUT2D eigenvalue weighted by atomic mass is 10.1. The number of nitrogens with one attached hydrogen (secondary N) is 2. The van der Waals surface area contributed by atoms with E-state index < -0.39 is 0 Å². The highest BCUT2D eigenvalue weighted by Crippen LogP contribution is 2.23. The molecular weight excluding hydrogens is 284 g/mol. The van der Waals surface area contributed by atoms with Gasteiger partial charge >= 0.3 is 0 Å². The lowest BCUT2D eigenvalue weighted by Gasteiger charge is -2.03. The van der Waals surface area contributed by atoms with Crippen molar-refractivity contribution in [3.8, 4) is 0 Å². The van der Waals surface area contributed by atoms with Gasteiger partial charge in [0.1, 0.15) is 0 Å². The Hall–Kier alpha value is -2.31. The van der Waals surface area contributed by atoms with E-state index in [2.05, 4.69) is 15.4 Å². The first-order valence-electron chi connectivity index (χ1n) is 6.44. The first kappa shape index (κ1) is 13.7. The van der Waals surface area contributed by atoms with Crippen molar-refractivity contribution in [2.45, 2.75) is 10.9 Å². The zero-order valence-electron chi connectivity index (χ0n) is 11.2. The molecule has 6 heteroatoms. The Labute approximate surface area is 125 Å². The van der Waals surface area contributed by atoms with Crippen molar-refractivity contribution >= 4 is 28.7 Å². The molecular formula is C15H14N4OS. The van der Waals surface area contributed by atoms with Crippen LogP contribution in [0, 0.1) is 0 Å². The van der Waals surface area contributed by atoms with E-state index in [1.807, 2.05) is 42.5 Å². The van der Waals surface area contributed by atoms with Crippen LogP contribution in [-0.4, -0.2) is 15.9 Å². The van der Waals surface area contributed by atoms with E-state index in [-0.39, 0.29) is 5.91 Å². The fraction of sp³-hybridized carbons (Fsp3) is 0.0667. The van der Waals surface area contributed by atoms with Crippen LogP contribution >= 0.6 is 11.8 Å². The maximum absolute atomic E-state index is 11.5. The fourth-order valence-electron chi connectivity index (χ4n) is 2.04. The van der Waals surface area contributed by atoms with Crippen LogP contribution in [0.2, 0.25) is 0 Å². The lowest BCUT2D eigenvalue weighted by molar-refractivity contribution is 0.0953. The molecule has 1 heterocycles. The summed E-state index contributed by atoms with van der Waals surface area (Å²) in [5.41, 5.74) is 5.71. The molecule has 1 aromatic heterocycles. The van der Waals surface area contributed by atoms with Crippen molar-refractivity contribution in [1.29, 1.82) is 0 Å². The van der Waals surface area contributed by atoms with Gasteiger partial charge in [0, 0.05) is 11.3 Å². The number of imidazole rings is 1. The van der Waals surface area contributed by atoms with Crippen molar-refractivity contribution < 1.29 is 4.79 Å². The number of aromatic amines is 1. The van der Waals surface area contributed by atoms with Crippen LogP contribution in [0.1, 0.15) is 15.9 Å². The molecule has 106 valence electrons. The van der Waals surface area contributed by atoms with Gasteiger partial charge in [-0.1, -0.05) is 36.0 Å². The number of carbonyl (C=O) groups is 1. The summed E-state index contributed by atoms with van der Waals surface area (Å²) in [6, 6.07) is 15.3. The van der Waals surface area contributed by atoms with Crippen molar-refractivity contribution in [2.75, 3.05) is 0 Å². The minimum absolute atomic E-state index is 0.286. The Morgan fingerprint density at radius 3 is 2.90 bits per heavy atom. The number of para-hydroxylation sites is 2. The summed E-state index contributed by atoms with van der Waals surface area (Å²) in [6.07, 6.45) is 0. The molecule has 21 heavy (non-hydrogen) atoms. The van der Waals surface area contributed by atoms with Crippen LogP contribution in [0.3, 0.4) is 0 Å². The number of hydrazine groups is 1. The third kappa shape index (κ3) is 3.07. The van der Waals surface area contributed by atoms with E-state index in [1.54, 1.807) is 17.8 Å². The summed E-state index contributed by atoms with van der Waals surface area (Å²) >= 11 is 1.60. The zero-order valence-corrected chi connectivity index (χ0v) is 12.0. The van der Waals surface area contributed by atoms with E-state index >= 15 is 0 Å². The minimum Gasteiger partial charge on any atom is -0.333 e. The quantitative estimate of drug-likeness (QED) is 0.299. The number of carbonyl (C=O) groups excluding carboxylic acids is 1. The molecule has 3 rings (SSSR count). The first-order chi connectivity index (χ1) is 10.3. The number of H-pyrrole nitrogens is 1. The van der Waals surface area contributed by atoms with Crippen LogP contribution in [0.5, 0.6) is 0 Å². The smallest absolute Gasteiger partial charge is 0.265 e. The second kappa shape index (κ2) is 5.99. The van der Waals surface area contributed by atoms with Gasteiger partial charge in [-0.15, -0.1) is 0 Å². The van der Waals surface area contributed by atoms with E-state index in [1.165, 1.54) is 0 Å². The van der Waals surface area contributed by atoms with Gasteiger partial charge in [-0.2, -0.15) is 0 Å². The van der Waals surface area contributed by atoms with Gasteiger partial charge in [0.2, 0.25) is 0 Å². The Morgan fingerprint density at radius 1 is 1.24 bits per heavy atom. The number of nitrogen functional groups attached to an aromatic ring is 1. The molecule has 0 bridgehead atoms. The second-order valence-electron chi connectivity index (χ2n) is 4.52. The lowest BCUT2D eigenvalue weighted by Crippen LogP contribution is -2.29. The summed E-state index contributed by atoms with van der Waals surface area (Å²) in [5.74, 6) is 5.58. The van der Waals surface area contributed by atoms with Gasteiger partial charge in [-0.3, -0.25) is 10.2 Å². The SMILES string of the molecule is NNC(=O)c1cccc(CSc2nc3ccccc3[nH]2)c1. The van der Waals surface area contributed by atoms with Gasteiger partial charge in [-0.05, 0) is 29.8 Å². The number of nitrogens with zero attached hydrogens (tertiary/aromatic N) is 1. The molecule has 2 aromatic carbocycles. The maximum Gasteiger partial charge on any atom is 0.265 e. The molecule has 0 unspecified atom stereocenters. The standard InChI is InChI=1S/C15H14N4OS/c16-19-14(20)11-5-3-4-10(8-11)9-21-15-17-12-6-1-2-7-13(12)18-15/h1-8H,9,16H2,(H,17,18)(H,19,20). The fourth-order valence-corrected chi connectivity index (χ4v) is 2.86. The van der Waals surface area contributed by atoms with Crippen molar-refractivity contribution in [3.05, 3.63) is 59.7 Å². The van der Waals surface area contributed by atoms with Crippen LogP contribution in [0.4, 0.5) is 0 Å². The Morgan fingerprint density at radius 2 is 2.10 bits per heavy atom. The van der Waals surface area contributed by atoms with Gasteiger partial charge < -0.3 is 4.98 Å². The number of hydrogen-bond donors (Lipinski definition) is 3. The predicted molar refractivity (Wildman–Crippen MR) is 83.8 cm³/mol. The Bertz CT molecular complexity index is 751. The van der Waals surface area contributed by atoms with Gasteiger partial charge in [0.05, 0.1) is 11.0 Å². The van der Waals surface area contributed by atoms with Crippen molar-refractivity contribution in [3.63, 3.8) is 0 Å². The number of nitrogens with two attached hydrogens (primary N) is 1. The highest BCUT2D eigenvalue weighted by Gasteiger charge is 2.06. The van der Waals surface area contributed by atoms with Gasteiger partial charge in [0.25, 0.3) is 5.91 Å². The largest absolute Gasteiger partial charge is 0.333 e.